The van der Waals surface area contributed by atoms with Crippen LogP contribution in [0.3, 0.4) is 0 Å². The zero-order valence-electron chi connectivity index (χ0n) is 12.1. The van der Waals surface area contributed by atoms with Crippen molar-refractivity contribution in [3.63, 3.8) is 0 Å². The summed E-state index contributed by atoms with van der Waals surface area (Å²) in [4.78, 5) is 26.1. The number of nitrogens with two attached hydrogens (primary N) is 1. The van der Waals surface area contributed by atoms with Crippen LogP contribution in [-0.4, -0.2) is 18.0 Å². The second-order valence-corrected chi connectivity index (χ2v) is 5.47. The summed E-state index contributed by atoms with van der Waals surface area (Å²) in [5, 5.41) is 3.12. The minimum Gasteiger partial charge on any atom is -0.314 e. The van der Waals surface area contributed by atoms with Crippen LogP contribution in [-0.2, 0) is 0 Å². The Morgan fingerprint density at radius 1 is 1.09 bits per heavy atom. The van der Waals surface area contributed by atoms with E-state index >= 15 is 0 Å². The van der Waals surface area contributed by atoms with Crippen molar-refractivity contribution in [3.8, 4) is 0 Å². The van der Waals surface area contributed by atoms with Crippen LogP contribution in [0.2, 0.25) is 5.02 Å². The van der Waals surface area contributed by atoms with E-state index in [9.17, 15) is 9.59 Å². The first-order valence-corrected chi connectivity index (χ1v) is 7.36. The van der Waals surface area contributed by atoms with Gasteiger partial charge in [-0.05, 0) is 36.4 Å². The summed E-state index contributed by atoms with van der Waals surface area (Å²) in [6.07, 6.45) is 0.498. The van der Waals surface area contributed by atoms with Crippen LogP contribution < -0.4 is 16.0 Å². The smallest absolute Gasteiger partial charge is 0.314 e. The third-order valence-electron chi connectivity index (χ3n) is 3.57. The third-order valence-corrected chi connectivity index (χ3v) is 3.82. The SMILES string of the molecule is NC1C(C(=O)c2ccc(Cl)cc2)=CNC(=O)N1c1ccccc1. The molecule has 0 aromatic heterocycles. The number of para-hydroxylation sites is 1. The molecule has 1 unspecified atom stereocenters. The van der Waals surface area contributed by atoms with Crippen molar-refractivity contribution < 1.29 is 9.59 Å². The molecule has 5 nitrogen and oxygen atoms in total. The Morgan fingerprint density at radius 3 is 2.39 bits per heavy atom. The van der Waals surface area contributed by atoms with Gasteiger partial charge in [-0.15, -0.1) is 0 Å². The van der Waals surface area contributed by atoms with E-state index in [1.54, 1.807) is 48.5 Å². The molecule has 0 spiro atoms. The number of hydrogen-bond acceptors (Lipinski definition) is 3. The minimum absolute atomic E-state index is 0.255. The van der Waals surface area contributed by atoms with E-state index in [2.05, 4.69) is 5.32 Å². The number of anilines is 1. The predicted octanol–water partition coefficient (Wildman–Crippen LogP) is 2.92. The number of nitrogens with one attached hydrogen (secondary N) is 1. The minimum atomic E-state index is -0.866. The highest BCUT2D eigenvalue weighted by Gasteiger charge is 2.32. The van der Waals surface area contributed by atoms with Gasteiger partial charge >= 0.3 is 6.03 Å². The summed E-state index contributed by atoms with van der Waals surface area (Å²) in [6, 6.07) is 15.1. The number of benzene rings is 2. The second-order valence-electron chi connectivity index (χ2n) is 5.04. The van der Waals surface area contributed by atoms with Crippen molar-refractivity contribution in [2.24, 2.45) is 5.73 Å². The Kier molecular flexibility index (Phi) is 4.14. The molecule has 23 heavy (non-hydrogen) atoms. The van der Waals surface area contributed by atoms with Gasteiger partial charge in [0.15, 0.2) is 5.78 Å². The van der Waals surface area contributed by atoms with Crippen molar-refractivity contribution in [1.82, 2.24) is 5.32 Å². The molecule has 1 aliphatic rings. The van der Waals surface area contributed by atoms with Crippen LogP contribution in [0.15, 0.2) is 66.4 Å². The average Bonchev–Trinajstić information content (AvgIpc) is 2.56. The molecule has 1 heterocycles. The van der Waals surface area contributed by atoms with Crippen molar-refractivity contribution >= 4 is 29.1 Å². The van der Waals surface area contributed by atoms with Crippen molar-refractivity contribution in [2.45, 2.75) is 6.17 Å². The maximum absolute atomic E-state index is 12.6. The summed E-state index contributed by atoms with van der Waals surface area (Å²) in [5.41, 5.74) is 7.54. The maximum atomic E-state index is 12.6. The lowest BCUT2D eigenvalue weighted by molar-refractivity contribution is 0.102. The van der Waals surface area contributed by atoms with E-state index in [-0.39, 0.29) is 11.8 Å². The Bertz CT molecular complexity index is 772. The number of rotatable bonds is 3. The van der Waals surface area contributed by atoms with E-state index in [1.165, 1.54) is 11.1 Å². The standard InChI is InChI=1S/C17H14ClN3O2/c18-12-8-6-11(7-9-12)15(22)14-10-20-17(23)21(16(14)19)13-4-2-1-3-5-13/h1-10,16H,19H2,(H,20,23). The van der Waals surface area contributed by atoms with Gasteiger partial charge in [0, 0.05) is 22.5 Å². The van der Waals surface area contributed by atoms with Gasteiger partial charge in [0.1, 0.15) is 6.17 Å². The quantitative estimate of drug-likeness (QED) is 0.851. The lowest BCUT2D eigenvalue weighted by Crippen LogP contribution is -2.55. The Balaban J connectivity index is 1.93. The Labute approximate surface area is 138 Å². The third kappa shape index (κ3) is 2.97. The van der Waals surface area contributed by atoms with E-state index in [1.807, 2.05) is 6.07 Å². The van der Waals surface area contributed by atoms with Gasteiger partial charge < -0.3 is 11.1 Å². The largest absolute Gasteiger partial charge is 0.327 e. The second kappa shape index (κ2) is 6.24. The normalized spacial score (nSPS) is 17.5. The first-order chi connectivity index (χ1) is 11.1. The highest BCUT2D eigenvalue weighted by atomic mass is 35.5. The van der Waals surface area contributed by atoms with E-state index in [0.717, 1.165) is 0 Å². The molecule has 116 valence electrons. The molecule has 0 aliphatic carbocycles. The van der Waals surface area contributed by atoms with Gasteiger partial charge in [-0.3, -0.25) is 9.69 Å². The molecule has 2 aromatic carbocycles. The Hall–Kier alpha value is -2.63. The van der Waals surface area contributed by atoms with Crippen LogP contribution in [0.4, 0.5) is 10.5 Å². The monoisotopic (exact) mass is 327 g/mol. The topological polar surface area (TPSA) is 75.4 Å². The van der Waals surface area contributed by atoms with Gasteiger partial charge in [0.25, 0.3) is 0 Å². The number of Topliss-reactive ketones (excluding diaryl/α,β-unsaturated/α-hetero) is 1. The molecular formula is C17H14ClN3O2. The zero-order chi connectivity index (χ0) is 16.4. The Morgan fingerprint density at radius 2 is 1.74 bits per heavy atom. The number of urea groups is 1. The molecule has 1 atom stereocenters. The molecule has 0 bridgehead atoms. The fraction of sp³-hybridized carbons (Fsp3) is 0.0588. The molecule has 3 N–H and O–H groups in total. The number of amides is 2. The fourth-order valence-corrected chi connectivity index (χ4v) is 2.52. The lowest BCUT2D eigenvalue weighted by atomic mass is 10.00. The summed E-state index contributed by atoms with van der Waals surface area (Å²) < 4.78 is 0. The summed E-state index contributed by atoms with van der Waals surface area (Å²) in [6.45, 7) is 0. The van der Waals surface area contributed by atoms with Crippen LogP contribution in [0, 0.1) is 0 Å². The van der Waals surface area contributed by atoms with Crippen LogP contribution >= 0.6 is 11.6 Å². The van der Waals surface area contributed by atoms with E-state index in [0.29, 0.717) is 21.8 Å². The molecule has 2 amide bonds. The first kappa shape index (κ1) is 15.3. The molecule has 0 radical (unpaired) electrons. The van der Waals surface area contributed by atoms with Gasteiger partial charge in [-0.2, -0.15) is 0 Å². The van der Waals surface area contributed by atoms with Crippen LogP contribution in [0.25, 0.3) is 0 Å². The molecule has 0 saturated heterocycles. The summed E-state index contributed by atoms with van der Waals surface area (Å²) in [5.74, 6) is -0.255. The maximum Gasteiger partial charge on any atom is 0.327 e. The summed E-state index contributed by atoms with van der Waals surface area (Å²) >= 11 is 5.84. The fourth-order valence-electron chi connectivity index (χ4n) is 2.39. The predicted molar refractivity (Wildman–Crippen MR) is 89.3 cm³/mol. The molecule has 2 aromatic rings. The van der Waals surface area contributed by atoms with E-state index in [4.69, 9.17) is 17.3 Å². The number of halogens is 1. The molecule has 0 saturated carbocycles. The van der Waals surface area contributed by atoms with Crippen molar-refractivity contribution in [2.75, 3.05) is 4.90 Å². The first-order valence-electron chi connectivity index (χ1n) is 6.98. The van der Waals surface area contributed by atoms with E-state index < -0.39 is 6.17 Å². The lowest BCUT2D eigenvalue weighted by Gasteiger charge is -2.33. The molecule has 0 fully saturated rings. The highest BCUT2D eigenvalue weighted by molar-refractivity contribution is 6.30. The van der Waals surface area contributed by atoms with Crippen LogP contribution in [0.1, 0.15) is 10.4 Å². The van der Waals surface area contributed by atoms with Crippen molar-refractivity contribution in [1.29, 1.82) is 0 Å². The summed E-state index contributed by atoms with van der Waals surface area (Å²) in [7, 11) is 0. The molecule has 3 rings (SSSR count). The zero-order valence-corrected chi connectivity index (χ0v) is 12.8. The van der Waals surface area contributed by atoms with Gasteiger partial charge in [-0.25, -0.2) is 4.79 Å². The highest BCUT2D eigenvalue weighted by Crippen LogP contribution is 2.23. The number of nitrogens with zero attached hydrogens (tertiary/aromatic N) is 1. The number of hydrogen-bond donors (Lipinski definition) is 2. The van der Waals surface area contributed by atoms with Crippen molar-refractivity contribution in [3.05, 3.63) is 77.0 Å². The van der Waals surface area contributed by atoms with Gasteiger partial charge in [-0.1, -0.05) is 29.8 Å². The van der Waals surface area contributed by atoms with Gasteiger partial charge in [0.05, 0.1) is 5.57 Å². The number of carbonyl (C=O) groups is 2. The molecule has 1 aliphatic heterocycles. The molecular weight excluding hydrogens is 314 g/mol. The molecule has 6 heteroatoms. The van der Waals surface area contributed by atoms with Gasteiger partial charge in [0.2, 0.25) is 0 Å². The number of carbonyl (C=O) groups excluding carboxylic acids is 2. The number of ketones is 1. The van der Waals surface area contributed by atoms with Crippen LogP contribution in [0.5, 0.6) is 0 Å². The average molecular weight is 328 g/mol.